The van der Waals surface area contributed by atoms with E-state index >= 15 is 0 Å². The Bertz CT molecular complexity index is 2020. The Morgan fingerprint density at radius 2 is 0.587 bits per heavy atom. The van der Waals surface area contributed by atoms with Gasteiger partial charge in [-0.3, -0.25) is 18.6 Å². The third kappa shape index (κ3) is 75.2. The van der Waals surface area contributed by atoms with E-state index in [-0.39, 0.29) is 32.0 Å². The van der Waals surface area contributed by atoms with Crippen LogP contribution >= 0.6 is 7.82 Å². The molecule has 2 unspecified atom stereocenters. The fraction of sp³-hybridized carbons (Fsp3) is 0.707. The minimum absolute atomic E-state index is 0.0285. The Balaban J connectivity index is 4.00. The van der Waals surface area contributed by atoms with Crippen molar-refractivity contribution in [3.63, 3.8) is 0 Å². The molecule has 0 amide bonds. The maximum atomic E-state index is 12.9. The van der Waals surface area contributed by atoms with Gasteiger partial charge in [-0.05, 0) is 109 Å². The topological polar surface area (TPSA) is 108 Å². The zero-order valence-corrected chi connectivity index (χ0v) is 61.1. The molecule has 0 heterocycles. The molecule has 10 heteroatoms. The summed E-state index contributed by atoms with van der Waals surface area (Å²) in [5.74, 6) is -0.790. The van der Waals surface area contributed by atoms with Gasteiger partial charge in [0.15, 0.2) is 6.10 Å². The first-order valence-electron chi connectivity index (χ1n) is 37.9. The van der Waals surface area contributed by atoms with Crippen molar-refractivity contribution in [3.05, 3.63) is 134 Å². The molecular weight excluding hydrogens is 1160 g/mol. The minimum atomic E-state index is -4.40. The van der Waals surface area contributed by atoms with Gasteiger partial charge < -0.3 is 18.9 Å². The van der Waals surface area contributed by atoms with E-state index in [2.05, 4.69) is 148 Å². The van der Waals surface area contributed by atoms with E-state index in [1.807, 2.05) is 21.1 Å². The SMILES string of the molecule is CC/C=C\C/C=C\C/C=C\C/C=C\C/C=C\C/C=C\CCCCCCCCCCCCCCCCCCC(=O)OC(COC(=O)CCCCCCCCCCCCCCCCCCC/C=C\C/C=C\C/C=C\C/C=C\C/C=C\CC)COP(=O)(O)OCC[N+](C)(C)C. The maximum absolute atomic E-state index is 12.9. The van der Waals surface area contributed by atoms with Gasteiger partial charge in [-0.1, -0.05) is 334 Å². The van der Waals surface area contributed by atoms with Crippen molar-refractivity contribution in [1.29, 1.82) is 0 Å². The Morgan fingerprint density at radius 1 is 0.337 bits per heavy atom. The number of phosphoric ester groups is 1. The zero-order chi connectivity index (χ0) is 66.9. The van der Waals surface area contributed by atoms with Crippen LogP contribution in [-0.2, 0) is 32.7 Å². The molecule has 0 aliphatic carbocycles. The summed E-state index contributed by atoms with van der Waals surface area (Å²) in [6, 6.07) is 0. The number of hydrogen-bond donors (Lipinski definition) is 1. The van der Waals surface area contributed by atoms with Crippen LogP contribution in [0.3, 0.4) is 0 Å². The van der Waals surface area contributed by atoms with Crippen molar-refractivity contribution < 1.29 is 42.1 Å². The summed E-state index contributed by atoms with van der Waals surface area (Å²) in [7, 11) is 1.48. The largest absolute Gasteiger partial charge is 0.472 e. The molecule has 9 nitrogen and oxygen atoms in total. The highest BCUT2D eigenvalue weighted by Crippen LogP contribution is 2.43. The van der Waals surface area contributed by atoms with Crippen LogP contribution < -0.4 is 0 Å². The maximum Gasteiger partial charge on any atom is 0.472 e. The molecule has 0 saturated carbocycles. The van der Waals surface area contributed by atoms with E-state index in [1.165, 1.54) is 180 Å². The number of rotatable bonds is 69. The first kappa shape index (κ1) is 88.2. The molecule has 2 atom stereocenters. The summed E-state index contributed by atoms with van der Waals surface area (Å²) in [6.45, 7) is 4.23. The quantitative estimate of drug-likeness (QED) is 0.0211. The van der Waals surface area contributed by atoms with E-state index in [0.717, 1.165) is 109 Å². The van der Waals surface area contributed by atoms with Gasteiger partial charge in [0.2, 0.25) is 0 Å². The lowest BCUT2D eigenvalue weighted by Crippen LogP contribution is -2.37. The Labute approximate surface area is 568 Å². The Kier molecular flexibility index (Phi) is 68.5. The number of nitrogens with zero attached hydrogens (tertiary/aromatic N) is 1. The van der Waals surface area contributed by atoms with E-state index in [1.54, 1.807) is 0 Å². The number of ether oxygens (including phenoxy) is 2. The molecule has 1 N–H and O–H groups in total. The average Bonchev–Trinajstić information content (AvgIpc) is 2.14. The minimum Gasteiger partial charge on any atom is -0.462 e. The smallest absolute Gasteiger partial charge is 0.462 e. The predicted molar refractivity (Wildman–Crippen MR) is 399 cm³/mol. The number of phosphoric acid groups is 1. The van der Waals surface area contributed by atoms with Crippen molar-refractivity contribution in [2.75, 3.05) is 47.5 Å². The van der Waals surface area contributed by atoms with Gasteiger partial charge in [-0.25, -0.2) is 4.57 Å². The highest BCUT2D eigenvalue weighted by Gasteiger charge is 2.27. The molecule has 0 rings (SSSR count). The summed E-state index contributed by atoms with van der Waals surface area (Å²) in [4.78, 5) is 36.0. The predicted octanol–water partition coefficient (Wildman–Crippen LogP) is 25.2. The number of hydrogen-bond acceptors (Lipinski definition) is 7. The molecule has 0 aromatic rings. The van der Waals surface area contributed by atoms with Crippen LogP contribution in [0.4, 0.5) is 0 Å². The fourth-order valence-electron chi connectivity index (χ4n) is 10.5. The lowest BCUT2D eigenvalue weighted by Gasteiger charge is -2.24. The average molecular weight is 1300 g/mol. The Hall–Kier alpha value is -3.85. The van der Waals surface area contributed by atoms with Crippen molar-refractivity contribution >= 4 is 19.8 Å². The Morgan fingerprint density at radius 3 is 0.870 bits per heavy atom. The highest BCUT2D eigenvalue weighted by atomic mass is 31.2. The third-order valence-electron chi connectivity index (χ3n) is 16.2. The molecule has 0 saturated heterocycles. The number of esters is 2. The monoisotopic (exact) mass is 1300 g/mol. The van der Waals surface area contributed by atoms with Crippen LogP contribution in [0.5, 0.6) is 0 Å². The molecule has 0 aliphatic heterocycles. The van der Waals surface area contributed by atoms with E-state index < -0.39 is 26.5 Å². The summed E-state index contributed by atoms with van der Waals surface area (Å²) in [6.07, 6.45) is 104. The normalized spacial score (nSPS) is 13.8. The standard InChI is InChI=1S/C82H142NO8P/c1-6-8-10-12-14-16-18-20-22-24-26-28-30-32-34-36-38-40-41-43-45-47-49-51-53-55-57-59-61-63-65-67-69-71-73-75-82(85)91-80(79-90-92(86,87)89-77-76-83(3,4)5)78-88-81(84)74-72-70-68-66-64-62-60-58-56-54-52-50-48-46-44-42-39-37-35-33-31-29-27-25-23-21-19-17-15-13-11-9-7-2/h8-11,14-17,20-23,26-29,32-35,38,40,80H,6-7,12-13,18-19,24-25,30-31,36-37,39,41-79H2,1-5H3/p+1/b10-8-,11-9-,16-14-,17-15-,22-20-,23-21-,28-26-,29-27-,34-32-,35-33-,40-38-. The second kappa shape index (κ2) is 71.4. The first-order valence-corrected chi connectivity index (χ1v) is 39.4. The lowest BCUT2D eigenvalue weighted by molar-refractivity contribution is -0.870. The van der Waals surface area contributed by atoms with Crippen LogP contribution in [0.15, 0.2) is 134 Å². The highest BCUT2D eigenvalue weighted by molar-refractivity contribution is 7.47. The summed E-state index contributed by atoms with van der Waals surface area (Å²) >= 11 is 0. The number of quaternary nitrogens is 1. The van der Waals surface area contributed by atoms with Gasteiger partial charge in [-0.2, -0.15) is 0 Å². The van der Waals surface area contributed by atoms with Gasteiger partial charge in [-0.15, -0.1) is 0 Å². The number of carbonyl (C=O) groups is 2. The summed E-state index contributed by atoms with van der Waals surface area (Å²) < 4.78 is 34.8. The molecule has 528 valence electrons. The molecule has 0 bridgehead atoms. The van der Waals surface area contributed by atoms with Crippen molar-refractivity contribution in [2.45, 2.75) is 328 Å². The summed E-state index contributed by atoms with van der Waals surface area (Å²) in [5, 5.41) is 0. The van der Waals surface area contributed by atoms with Crippen LogP contribution in [0, 0.1) is 0 Å². The molecule has 0 aliphatic rings. The van der Waals surface area contributed by atoms with Crippen molar-refractivity contribution in [2.24, 2.45) is 0 Å². The fourth-order valence-corrected chi connectivity index (χ4v) is 11.2. The molecule has 0 aromatic carbocycles. The number of allylic oxidation sites excluding steroid dienone is 22. The third-order valence-corrected chi connectivity index (χ3v) is 17.2. The van der Waals surface area contributed by atoms with E-state index in [0.29, 0.717) is 17.4 Å². The lowest BCUT2D eigenvalue weighted by atomic mass is 10.0. The number of carbonyl (C=O) groups excluding carboxylic acids is 2. The van der Waals surface area contributed by atoms with Crippen molar-refractivity contribution in [1.82, 2.24) is 0 Å². The molecular formula is C82H143NO8P+. The molecule has 0 spiro atoms. The van der Waals surface area contributed by atoms with Gasteiger partial charge in [0, 0.05) is 12.8 Å². The number of unbranched alkanes of at least 4 members (excludes halogenated alkanes) is 33. The van der Waals surface area contributed by atoms with Crippen LogP contribution in [0.1, 0.15) is 322 Å². The number of likely N-dealkylation sites (N-methyl/N-ethyl adjacent to an activating group) is 1. The second-order valence-corrected chi connectivity index (χ2v) is 27.7. The molecule has 0 fully saturated rings. The van der Waals surface area contributed by atoms with Crippen LogP contribution in [0.25, 0.3) is 0 Å². The summed E-state index contributed by atoms with van der Waals surface area (Å²) in [5.41, 5.74) is 0. The molecule has 92 heavy (non-hydrogen) atoms. The zero-order valence-electron chi connectivity index (χ0n) is 60.2. The first-order chi connectivity index (χ1) is 45.0. The molecule has 0 radical (unpaired) electrons. The van der Waals surface area contributed by atoms with Crippen LogP contribution in [-0.4, -0.2) is 74.9 Å². The van der Waals surface area contributed by atoms with Gasteiger partial charge in [0.25, 0.3) is 0 Å². The van der Waals surface area contributed by atoms with E-state index in [4.69, 9.17) is 18.5 Å². The second-order valence-electron chi connectivity index (χ2n) is 26.3. The van der Waals surface area contributed by atoms with Gasteiger partial charge in [0.1, 0.15) is 19.8 Å². The van der Waals surface area contributed by atoms with Gasteiger partial charge >= 0.3 is 19.8 Å². The van der Waals surface area contributed by atoms with Crippen molar-refractivity contribution in [3.8, 4) is 0 Å². The van der Waals surface area contributed by atoms with E-state index in [9.17, 15) is 19.0 Å². The van der Waals surface area contributed by atoms with Crippen LogP contribution in [0.2, 0.25) is 0 Å². The molecule has 0 aromatic heterocycles. The van der Waals surface area contributed by atoms with Gasteiger partial charge in [0.05, 0.1) is 27.7 Å².